The molecule has 0 aliphatic rings. The van der Waals surface area contributed by atoms with Crippen LogP contribution in [-0.2, 0) is 14.3 Å². The lowest BCUT2D eigenvalue weighted by Crippen LogP contribution is -2.30. The van der Waals surface area contributed by atoms with Crippen molar-refractivity contribution >= 4 is 21.8 Å². The third-order valence-electron chi connectivity index (χ3n) is 2.03. The number of urea groups is 1. The average Bonchev–Trinajstić information content (AvgIpc) is 2.30. The summed E-state index contributed by atoms with van der Waals surface area (Å²) in [7, 11) is -3.43. The van der Waals surface area contributed by atoms with E-state index >= 15 is 0 Å². The molecule has 0 spiro atoms. The summed E-state index contributed by atoms with van der Waals surface area (Å²) < 4.78 is 25.8. The molecule has 0 unspecified atom stereocenters. The molecule has 0 fully saturated rings. The van der Waals surface area contributed by atoms with E-state index in [2.05, 4.69) is 14.8 Å². The zero-order valence-corrected chi connectivity index (χ0v) is 11.2. The Labute approximate surface area is 111 Å². The predicted molar refractivity (Wildman–Crippen MR) is 70.5 cm³/mol. The zero-order valence-electron chi connectivity index (χ0n) is 10.4. The smallest absolute Gasteiger partial charge is 0.319 e. The molecule has 0 radical (unpaired) electrons. The second-order valence-corrected chi connectivity index (χ2v) is 5.45. The SMILES string of the molecule is CS(=O)(=O)OCCCNC(=O)Nc1ccc(O)cc1. The van der Waals surface area contributed by atoms with Crippen LogP contribution < -0.4 is 10.6 Å². The Kier molecular flexibility index (Phi) is 5.58. The number of rotatable bonds is 6. The highest BCUT2D eigenvalue weighted by molar-refractivity contribution is 7.85. The molecule has 0 bridgehead atoms. The van der Waals surface area contributed by atoms with Crippen LogP contribution in [0.3, 0.4) is 0 Å². The van der Waals surface area contributed by atoms with E-state index in [1.807, 2.05) is 0 Å². The first-order chi connectivity index (χ1) is 8.87. The molecule has 7 nitrogen and oxygen atoms in total. The monoisotopic (exact) mass is 288 g/mol. The van der Waals surface area contributed by atoms with E-state index in [9.17, 15) is 13.2 Å². The summed E-state index contributed by atoms with van der Waals surface area (Å²) in [5.41, 5.74) is 0.544. The van der Waals surface area contributed by atoms with Gasteiger partial charge < -0.3 is 15.7 Å². The van der Waals surface area contributed by atoms with Crippen molar-refractivity contribution in [3.63, 3.8) is 0 Å². The van der Waals surface area contributed by atoms with Gasteiger partial charge in [0.2, 0.25) is 0 Å². The molecule has 106 valence electrons. The molecular weight excluding hydrogens is 272 g/mol. The second-order valence-electron chi connectivity index (χ2n) is 3.81. The predicted octanol–water partition coefficient (Wildman–Crippen LogP) is 0.880. The molecule has 1 aromatic rings. The van der Waals surface area contributed by atoms with Crippen molar-refractivity contribution in [1.82, 2.24) is 5.32 Å². The van der Waals surface area contributed by atoms with Crippen molar-refractivity contribution in [2.45, 2.75) is 6.42 Å². The number of hydrogen-bond acceptors (Lipinski definition) is 5. The van der Waals surface area contributed by atoms with Gasteiger partial charge in [0, 0.05) is 12.2 Å². The number of benzene rings is 1. The summed E-state index contributed by atoms with van der Waals surface area (Å²) >= 11 is 0. The third-order valence-corrected chi connectivity index (χ3v) is 2.62. The van der Waals surface area contributed by atoms with E-state index in [1.54, 1.807) is 12.1 Å². The van der Waals surface area contributed by atoms with Crippen LogP contribution in [0, 0.1) is 0 Å². The van der Waals surface area contributed by atoms with Crippen molar-refractivity contribution in [2.24, 2.45) is 0 Å². The van der Waals surface area contributed by atoms with Gasteiger partial charge in [-0.3, -0.25) is 4.18 Å². The lowest BCUT2D eigenvalue weighted by Gasteiger charge is -2.07. The normalized spacial score (nSPS) is 11.0. The van der Waals surface area contributed by atoms with E-state index in [1.165, 1.54) is 12.1 Å². The second kappa shape index (κ2) is 6.95. The Balaban J connectivity index is 2.20. The standard InChI is InChI=1S/C11H16N2O5S/c1-19(16,17)18-8-2-7-12-11(15)13-9-3-5-10(14)6-4-9/h3-6,14H,2,7-8H2,1H3,(H2,12,13,15). The Morgan fingerprint density at radius 2 is 1.95 bits per heavy atom. The largest absolute Gasteiger partial charge is 0.508 e. The zero-order chi connectivity index (χ0) is 14.3. The quantitative estimate of drug-likeness (QED) is 0.409. The maximum Gasteiger partial charge on any atom is 0.319 e. The molecule has 8 heteroatoms. The maximum atomic E-state index is 11.4. The van der Waals surface area contributed by atoms with Crippen LogP contribution in [0.25, 0.3) is 0 Å². The summed E-state index contributed by atoms with van der Waals surface area (Å²) in [5.74, 6) is 0.115. The third kappa shape index (κ3) is 7.27. The van der Waals surface area contributed by atoms with Crippen molar-refractivity contribution in [3.8, 4) is 5.75 Å². The Morgan fingerprint density at radius 1 is 1.32 bits per heavy atom. The molecule has 1 aromatic carbocycles. The van der Waals surface area contributed by atoms with Crippen molar-refractivity contribution < 1.29 is 22.5 Å². The number of aromatic hydroxyl groups is 1. The van der Waals surface area contributed by atoms with Crippen molar-refractivity contribution in [2.75, 3.05) is 24.7 Å². The maximum absolute atomic E-state index is 11.4. The van der Waals surface area contributed by atoms with Crippen LogP contribution in [0.15, 0.2) is 24.3 Å². The molecule has 0 saturated heterocycles. The fourth-order valence-electron chi connectivity index (χ4n) is 1.20. The molecule has 19 heavy (non-hydrogen) atoms. The number of anilines is 1. The van der Waals surface area contributed by atoms with Gasteiger partial charge in [-0.05, 0) is 30.7 Å². The molecular formula is C11H16N2O5S. The highest BCUT2D eigenvalue weighted by atomic mass is 32.2. The van der Waals surface area contributed by atoms with Gasteiger partial charge in [0.15, 0.2) is 0 Å². The van der Waals surface area contributed by atoms with Crippen LogP contribution in [-0.4, -0.2) is 39.0 Å². The van der Waals surface area contributed by atoms with Crippen LogP contribution in [0.2, 0.25) is 0 Å². The molecule has 1 rings (SSSR count). The Morgan fingerprint density at radius 3 is 2.53 bits per heavy atom. The fourth-order valence-corrected chi connectivity index (χ4v) is 1.63. The number of hydrogen-bond donors (Lipinski definition) is 3. The van der Waals surface area contributed by atoms with E-state index in [4.69, 9.17) is 5.11 Å². The first-order valence-electron chi connectivity index (χ1n) is 5.55. The Bertz CT molecular complexity index is 512. The lowest BCUT2D eigenvalue weighted by molar-refractivity contribution is 0.250. The minimum atomic E-state index is -3.43. The number of carbonyl (C=O) groups excluding carboxylic acids is 1. The van der Waals surface area contributed by atoms with Crippen LogP contribution >= 0.6 is 0 Å². The summed E-state index contributed by atoms with van der Waals surface area (Å²) in [6, 6.07) is 5.61. The number of nitrogens with one attached hydrogen (secondary N) is 2. The van der Waals surface area contributed by atoms with Gasteiger partial charge >= 0.3 is 6.03 Å². The molecule has 0 aliphatic heterocycles. The summed E-state index contributed by atoms with van der Waals surface area (Å²) in [6.45, 7) is 0.317. The lowest BCUT2D eigenvalue weighted by atomic mass is 10.3. The molecule has 0 heterocycles. The first kappa shape index (κ1) is 15.3. The number of phenols is 1. The Hall–Kier alpha value is -1.80. The molecule has 3 N–H and O–H groups in total. The van der Waals surface area contributed by atoms with Gasteiger partial charge in [0.25, 0.3) is 10.1 Å². The van der Waals surface area contributed by atoms with Gasteiger partial charge in [0.1, 0.15) is 5.75 Å². The summed E-state index contributed by atoms with van der Waals surface area (Å²) in [6.07, 6.45) is 1.36. The van der Waals surface area contributed by atoms with E-state index in [0.29, 0.717) is 18.7 Å². The van der Waals surface area contributed by atoms with E-state index < -0.39 is 16.1 Å². The molecule has 0 aromatic heterocycles. The van der Waals surface area contributed by atoms with E-state index in [0.717, 1.165) is 6.26 Å². The first-order valence-corrected chi connectivity index (χ1v) is 7.37. The minimum Gasteiger partial charge on any atom is -0.508 e. The number of carbonyl (C=O) groups is 1. The number of amides is 2. The van der Waals surface area contributed by atoms with Crippen LogP contribution in [0.4, 0.5) is 10.5 Å². The minimum absolute atomic E-state index is 0.0261. The van der Waals surface area contributed by atoms with Gasteiger partial charge in [-0.2, -0.15) is 8.42 Å². The van der Waals surface area contributed by atoms with Gasteiger partial charge in [0.05, 0.1) is 12.9 Å². The average molecular weight is 288 g/mol. The topological polar surface area (TPSA) is 105 Å². The fraction of sp³-hybridized carbons (Fsp3) is 0.364. The molecule has 0 atom stereocenters. The summed E-state index contributed by atoms with van der Waals surface area (Å²) in [4.78, 5) is 11.4. The van der Waals surface area contributed by atoms with Crippen molar-refractivity contribution in [1.29, 1.82) is 0 Å². The van der Waals surface area contributed by atoms with Crippen molar-refractivity contribution in [3.05, 3.63) is 24.3 Å². The van der Waals surface area contributed by atoms with Crippen LogP contribution in [0.1, 0.15) is 6.42 Å². The van der Waals surface area contributed by atoms with E-state index in [-0.39, 0.29) is 12.4 Å². The highest BCUT2D eigenvalue weighted by Crippen LogP contribution is 2.13. The highest BCUT2D eigenvalue weighted by Gasteiger charge is 2.03. The molecule has 2 amide bonds. The molecule has 0 aliphatic carbocycles. The molecule has 0 saturated carbocycles. The number of phenolic OH excluding ortho intramolecular Hbond substituents is 1. The van der Waals surface area contributed by atoms with Gasteiger partial charge in [-0.1, -0.05) is 0 Å². The van der Waals surface area contributed by atoms with Crippen LogP contribution in [0.5, 0.6) is 5.75 Å². The summed E-state index contributed by atoms with van der Waals surface area (Å²) in [5, 5.41) is 14.2. The van der Waals surface area contributed by atoms with Gasteiger partial charge in [-0.15, -0.1) is 0 Å². The van der Waals surface area contributed by atoms with Gasteiger partial charge in [-0.25, -0.2) is 4.79 Å².